The average Bonchev–Trinajstić information content (AvgIpc) is 2.56. The minimum absolute atomic E-state index is 0.0502. The number of urea groups is 1. The molecule has 25 heavy (non-hydrogen) atoms. The summed E-state index contributed by atoms with van der Waals surface area (Å²) in [7, 11) is 0. The van der Waals surface area contributed by atoms with Gasteiger partial charge >= 0.3 is 6.03 Å². The molecule has 1 aliphatic heterocycles. The number of rotatable bonds is 3. The largest absolute Gasteiger partial charge is 0.494 e. The minimum atomic E-state index is -0.196. The standard InChI is InChI=1S/C21H32N2O2/c1-5-25-17-11-12-19-18(13-17)15(2)14-21(3,4)23(19)20(24)22-16-9-7-6-8-10-16/h11-13,15-16H,5-10,14H2,1-4H3,(H,22,24)/t15-/m0/s1. The maximum absolute atomic E-state index is 13.1. The van der Waals surface area contributed by atoms with Gasteiger partial charge < -0.3 is 10.1 Å². The zero-order chi connectivity index (χ0) is 18.0. The lowest BCUT2D eigenvalue weighted by molar-refractivity contribution is 0.228. The highest BCUT2D eigenvalue weighted by atomic mass is 16.5. The van der Waals surface area contributed by atoms with Gasteiger partial charge in [-0.2, -0.15) is 0 Å². The fraction of sp³-hybridized carbons (Fsp3) is 0.667. The Kier molecular flexibility index (Phi) is 5.26. The SMILES string of the molecule is CCOc1ccc2c(c1)[C@@H](C)CC(C)(C)N2C(=O)NC1CCCCC1. The van der Waals surface area contributed by atoms with Gasteiger partial charge in [-0.05, 0) is 69.7 Å². The van der Waals surface area contributed by atoms with Gasteiger partial charge in [0, 0.05) is 17.3 Å². The predicted octanol–water partition coefficient (Wildman–Crippen LogP) is 5.22. The number of anilines is 1. The number of nitrogens with one attached hydrogen (secondary N) is 1. The van der Waals surface area contributed by atoms with Crippen LogP contribution in [-0.4, -0.2) is 24.2 Å². The third kappa shape index (κ3) is 3.78. The van der Waals surface area contributed by atoms with E-state index in [1.54, 1.807) is 0 Å². The summed E-state index contributed by atoms with van der Waals surface area (Å²) in [5, 5.41) is 3.30. The van der Waals surface area contributed by atoms with Crippen LogP contribution in [0.25, 0.3) is 0 Å². The highest BCUT2D eigenvalue weighted by Crippen LogP contribution is 2.44. The number of nitrogens with zero attached hydrogens (tertiary/aromatic N) is 1. The van der Waals surface area contributed by atoms with Crippen LogP contribution in [0.5, 0.6) is 5.75 Å². The van der Waals surface area contributed by atoms with E-state index in [4.69, 9.17) is 4.74 Å². The summed E-state index contributed by atoms with van der Waals surface area (Å²) in [5.74, 6) is 1.30. The van der Waals surface area contributed by atoms with Crippen LogP contribution in [0.15, 0.2) is 18.2 Å². The van der Waals surface area contributed by atoms with Gasteiger partial charge in [0.1, 0.15) is 5.75 Å². The summed E-state index contributed by atoms with van der Waals surface area (Å²) in [6.07, 6.45) is 6.90. The second-order valence-corrected chi connectivity index (χ2v) is 8.19. The molecule has 0 radical (unpaired) electrons. The Bertz CT molecular complexity index is 620. The van der Waals surface area contributed by atoms with E-state index in [1.165, 1.54) is 24.8 Å². The van der Waals surface area contributed by atoms with Crippen LogP contribution in [0.4, 0.5) is 10.5 Å². The number of fused-ring (bicyclic) bond motifs is 1. The van der Waals surface area contributed by atoms with E-state index in [1.807, 2.05) is 17.9 Å². The molecule has 2 amide bonds. The molecule has 0 bridgehead atoms. The van der Waals surface area contributed by atoms with Gasteiger partial charge in [-0.3, -0.25) is 4.90 Å². The first-order chi connectivity index (χ1) is 11.9. The van der Waals surface area contributed by atoms with Crippen molar-refractivity contribution in [2.45, 2.75) is 83.7 Å². The summed E-state index contributed by atoms with van der Waals surface area (Å²) < 4.78 is 5.67. The summed E-state index contributed by atoms with van der Waals surface area (Å²) in [6, 6.07) is 6.52. The van der Waals surface area contributed by atoms with Gasteiger partial charge in [-0.1, -0.05) is 26.2 Å². The molecule has 0 spiro atoms. The maximum Gasteiger partial charge on any atom is 0.322 e. The van der Waals surface area contributed by atoms with Crippen molar-refractivity contribution >= 4 is 11.7 Å². The predicted molar refractivity (Wildman–Crippen MR) is 103 cm³/mol. The molecule has 1 saturated carbocycles. The Morgan fingerprint density at radius 3 is 2.68 bits per heavy atom. The Balaban J connectivity index is 1.88. The monoisotopic (exact) mass is 344 g/mol. The second kappa shape index (κ2) is 7.27. The number of carbonyl (C=O) groups excluding carboxylic acids is 1. The number of hydrogen-bond donors (Lipinski definition) is 1. The molecule has 1 atom stereocenters. The average molecular weight is 344 g/mol. The maximum atomic E-state index is 13.1. The van der Waals surface area contributed by atoms with Gasteiger partial charge in [0.15, 0.2) is 0 Å². The number of benzene rings is 1. The second-order valence-electron chi connectivity index (χ2n) is 8.19. The van der Waals surface area contributed by atoms with Crippen molar-refractivity contribution in [3.63, 3.8) is 0 Å². The molecule has 4 heteroatoms. The molecule has 1 heterocycles. The van der Waals surface area contributed by atoms with Crippen molar-refractivity contribution in [1.29, 1.82) is 0 Å². The zero-order valence-corrected chi connectivity index (χ0v) is 16.1. The quantitative estimate of drug-likeness (QED) is 0.817. The van der Waals surface area contributed by atoms with Crippen LogP contribution in [0.2, 0.25) is 0 Å². The normalized spacial score (nSPS) is 23.0. The van der Waals surface area contributed by atoms with E-state index in [0.717, 1.165) is 30.7 Å². The molecular formula is C21H32N2O2. The smallest absolute Gasteiger partial charge is 0.322 e. The van der Waals surface area contributed by atoms with Gasteiger partial charge in [0.2, 0.25) is 0 Å². The number of ether oxygens (including phenoxy) is 1. The number of amides is 2. The highest BCUT2D eigenvalue weighted by Gasteiger charge is 2.40. The lowest BCUT2D eigenvalue weighted by atomic mass is 9.80. The van der Waals surface area contributed by atoms with Crippen LogP contribution in [0.1, 0.15) is 77.7 Å². The fourth-order valence-corrected chi connectivity index (χ4v) is 4.53. The van der Waals surface area contributed by atoms with Crippen molar-refractivity contribution in [3.05, 3.63) is 23.8 Å². The first kappa shape index (κ1) is 18.1. The third-order valence-corrected chi connectivity index (χ3v) is 5.63. The van der Waals surface area contributed by atoms with Crippen molar-refractivity contribution in [1.82, 2.24) is 5.32 Å². The highest BCUT2D eigenvalue weighted by molar-refractivity contribution is 5.95. The van der Waals surface area contributed by atoms with E-state index < -0.39 is 0 Å². The van der Waals surface area contributed by atoms with Crippen molar-refractivity contribution in [3.8, 4) is 5.75 Å². The van der Waals surface area contributed by atoms with Crippen molar-refractivity contribution in [2.75, 3.05) is 11.5 Å². The Hall–Kier alpha value is -1.71. The minimum Gasteiger partial charge on any atom is -0.494 e. The van der Waals surface area contributed by atoms with Crippen molar-refractivity contribution < 1.29 is 9.53 Å². The van der Waals surface area contributed by atoms with Gasteiger partial charge in [-0.15, -0.1) is 0 Å². The molecule has 3 rings (SSSR count). The molecule has 0 saturated heterocycles. The Morgan fingerprint density at radius 2 is 2.00 bits per heavy atom. The molecule has 4 nitrogen and oxygen atoms in total. The van der Waals surface area contributed by atoms with Crippen LogP contribution < -0.4 is 15.0 Å². The molecule has 0 aromatic heterocycles. The van der Waals surface area contributed by atoms with E-state index in [2.05, 4.69) is 38.2 Å². The molecule has 1 fully saturated rings. The molecule has 1 aliphatic carbocycles. The number of hydrogen-bond acceptors (Lipinski definition) is 2. The molecule has 1 N–H and O–H groups in total. The van der Waals surface area contributed by atoms with Gasteiger partial charge in [0.25, 0.3) is 0 Å². The van der Waals surface area contributed by atoms with Crippen LogP contribution in [0.3, 0.4) is 0 Å². The molecule has 1 aromatic carbocycles. The molecule has 2 aliphatic rings. The molecule has 138 valence electrons. The summed E-state index contributed by atoms with van der Waals surface area (Å²) >= 11 is 0. The number of carbonyl (C=O) groups is 1. The summed E-state index contributed by atoms with van der Waals surface area (Å²) in [4.78, 5) is 15.1. The third-order valence-electron chi connectivity index (χ3n) is 5.63. The summed E-state index contributed by atoms with van der Waals surface area (Å²) in [5.41, 5.74) is 2.04. The molecular weight excluding hydrogens is 312 g/mol. The topological polar surface area (TPSA) is 41.6 Å². The van der Waals surface area contributed by atoms with Gasteiger partial charge in [0.05, 0.1) is 6.61 Å². The van der Waals surface area contributed by atoms with E-state index >= 15 is 0 Å². The van der Waals surface area contributed by atoms with Crippen molar-refractivity contribution in [2.24, 2.45) is 0 Å². The Morgan fingerprint density at radius 1 is 1.28 bits per heavy atom. The fourth-order valence-electron chi connectivity index (χ4n) is 4.53. The van der Waals surface area contributed by atoms with E-state index in [9.17, 15) is 4.79 Å². The lowest BCUT2D eigenvalue weighted by Gasteiger charge is -2.46. The first-order valence-electron chi connectivity index (χ1n) is 9.80. The van der Waals surface area contributed by atoms with E-state index in [0.29, 0.717) is 18.6 Å². The molecule has 0 unspecified atom stereocenters. The first-order valence-corrected chi connectivity index (χ1v) is 9.80. The van der Waals surface area contributed by atoms with Gasteiger partial charge in [-0.25, -0.2) is 4.79 Å². The molecule has 1 aromatic rings. The summed E-state index contributed by atoms with van der Waals surface area (Å²) in [6.45, 7) is 9.24. The van der Waals surface area contributed by atoms with Crippen LogP contribution in [0, 0.1) is 0 Å². The zero-order valence-electron chi connectivity index (χ0n) is 16.1. The van der Waals surface area contributed by atoms with Crippen LogP contribution in [-0.2, 0) is 0 Å². The lowest BCUT2D eigenvalue weighted by Crippen LogP contribution is -2.57. The van der Waals surface area contributed by atoms with Crippen LogP contribution >= 0.6 is 0 Å². The Labute approximate surface area is 151 Å². The van der Waals surface area contributed by atoms with E-state index in [-0.39, 0.29) is 11.6 Å².